The molecule has 0 aliphatic carbocycles. The molecule has 0 unspecified atom stereocenters. The second-order valence-corrected chi connectivity index (χ2v) is 8.58. The van der Waals surface area contributed by atoms with Crippen molar-refractivity contribution in [2.75, 3.05) is 5.75 Å². The second kappa shape index (κ2) is 12.0. The van der Waals surface area contributed by atoms with Crippen LogP contribution in [-0.4, -0.2) is 34.6 Å². The Hall–Kier alpha value is -2.05. The molecule has 0 heterocycles. The van der Waals surface area contributed by atoms with Gasteiger partial charge in [-0.25, -0.2) is 4.39 Å². The molecule has 1 N–H and O–H groups in total. The predicted octanol–water partition coefficient (Wildman–Crippen LogP) is 5.04. The Bertz CT molecular complexity index is 865. The van der Waals surface area contributed by atoms with Crippen molar-refractivity contribution in [2.24, 2.45) is 0 Å². The Kier molecular flexibility index (Phi) is 9.66. The van der Waals surface area contributed by atoms with Gasteiger partial charge in [0, 0.05) is 28.9 Å². The summed E-state index contributed by atoms with van der Waals surface area (Å²) in [5, 5.41) is 3.56. The highest BCUT2D eigenvalue weighted by atomic mass is 35.5. The number of halogens is 2. The first kappa shape index (κ1) is 24.2. The average molecular weight is 451 g/mol. The first-order chi connectivity index (χ1) is 14.3. The maximum absolute atomic E-state index is 14.2. The van der Waals surface area contributed by atoms with Gasteiger partial charge in [-0.15, -0.1) is 11.8 Å². The zero-order valence-electron chi connectivity index (χ0n) is 17.5. The number of amides is 2. The molecule has 0 saturated heterocycles. The highest BCUT2D eigenvalue weighted by Gasteiger charge is 2.27. The number of benzene rings is 2. The summed E-state index contributed by atoms with van der Waals surface area (Å²) in [5.41, 5.74) is 1.32. The molecule has 0 radical (unpaired) electrons. The summed E-state index contributed by atoms with van der Waals surface area (Å²) in [6, 6.07) is 13.1. The first-order valence-corrected chi connectivity index (χ1v) is 11.5. The van der Waals surface area contributed by atoms with Gasteiger partial charge in [-0.2, -0.15) is 0 Å². The summed E-state index contributed by atoms with van der Waals surface area (Å²) in [5.74, 6) is -0.117. The van der Waals surface area contributed by atoms with Crippen molar-refractivity contribution in [1.82, 2.24) is 10.2 Å². The molecule has 0 fully saturated rings. The Morgan fingerprint density at radius 2 is 1.73 bits per heavy atom. The zero-order valence-corrected chi connectivity index (χ0v) is 19.1. The van der Waals surface area contributed by atoms with E-state index in [0.29, 0.717) is 16.3 Å². The van der Waals surface area contributed by atoms with Crippen molar-refractivity contribution in [1.29, 1.82) is 0 Å². The summed E-state index contributed by atoms with van der Waals surface area (Å²) in [7, 11) is 0. The zero-order chi connectivity index (χ0) is 22.1. The van der Waals surface area contributed by atoms with Crippen molar-refractivity contribution in [2.45, 2.75) is 51.6 Å². The van der Waals surface area contributed by atoms with Gasteiger partial charge in [-0.1, -0.05) is 54.9 Å². The van der Waals surface area contributed by atoms with Crippen LogP contribution in [0.5, 0.6) is 0 Å². The van der Waals surface area contributed by atoms with E-state index < -0.39 is 11.9 Å². The van der Waals surface area contributed by atoms with E-state index in [4.69, 9.17) is 11.6 Å². The standard InChI is InChI=1S/C23H28ClFN2O2S/c1-4-16(2)26-23(29)17(3)27(13-18-9-6-8-12-21(18)25)22(28)15-30-14-19-10-5-7-11-20(19)24/h5-12,16-17H,4,13-15H2,1-3H3,(H,26,29)/t16-,17-/m1/s1. The third-order valence-electron chi connectivity index (χ3n) is 4.91. The average Bonchev–Trinajstić information content (AvgIpc) is 2.73. The van der Waals surface area contributed by atoms with Crippen molar-refractivity contribution < 1.29 is 14.0 Å². The third-order valence-corrected chi connectivity index (χ3v) is 6.24. The summed E-state index contributed by atoms with van der Waals surface area (Å²) < 4.78 is 14.2. The summed E-state index contributed by atoms with van der Waals surface area (Å²) >= 11 is 7.60. The van der Waals surface area contributed by atoms with Crippen LogP contribution in [0.25, 0.3) is 0 Å². The lowest BCUT2D eigenvalue weighted by atomic mass is 10.1. The Morgan fingerprint density at radius 3 is 2.37 bits per heavy atom. The fourth-order valence-corrected chi connectivity index (χ4v) is 4.00. The van der Waals surface area contributed by atoms with Crippen LogP contribution in [-0.2, 0) is 21.9 Å². The highest BCUT2D eigenvalue weighted by Crippen LogP contribution is 2.22. The van der Waals surface area contributed by atoms with Crippen LogP contribution in [0.4, 0.5) is 4.39 Å². The van der Waals surface area contributed by atoms with Gasteiger partial charge in [0.05, 0.1) is 5.75 Å². The van der Waals surface area contributed by atoms with E-state index in [-0.39, 0.29) is 30.2 Å². The van der Waals surface area contributed by atoms with E-state index in [1.165, 1.54) is 22.7 Å². The molecule has 2 amide bonds. The SMILES string of the molecule is CC[C@@H](C)NC(=O)[C@@H](C)N(Cc1ccccc1F)C(=O)CSCc1ccccc1Cl. The number of carbonyl (C=O) groups is 2. The van der Waals surface area contributed by atoms with Gasteiger partial charge >= 0.3 is 0 Å². The van der Waals surface area contributed by atoms with Gasteiger partial charge in [-0.05, 0) is 38.0 Å². The monoisotopic (exact) mass is 450 g/mol. The number of thioether (sulfide) groups is 1. The minimum absolute atomic E-state index is 0.0000362. The van der Waals surface area contributed by atoms with E-state index in [9.17, 15) is 14.0 Å². The van der Waals surface area contributed by atoms with Crippen molar-refractivity contribution in [3.63, 3.8) is 0 Å². The molecule has 0 aliphatic rings. The van der Waals surface area contributed by atoms with Crippen LogP contribution >= 0.6 is 23.4 Å². The molecule has 2 aromatic rings. The molecule has 7 heteroatoms. The van der Waals surface area contributed by atoms with Gasteiger partial charge in [0.25, 0.3) is 0 Å². The molecular formula is C23H28ClFN2O2S. The van der Waals surface area contributed by atoms with Gasteiger partial charge in [0.1, 0.15) is 11.9 Å². The molecular weight excluding hydrogens is 423 g/mol. The normalized spacial score (nSPS) is 12.8. The molecule has 162 valence electrons. The van der Waals surface area contributed by atoms with Crippen LogP contribution in [0, 0.1) is 5.82 Å². The van der Waals surface area contributed by atoms with Crippen LogP contribution < -0.4 is 5.32 Å². The largest absolute Gasteiger partial charge is 0.352 e. The molecule has 2 atom stereocenters. The van der Waals surface area contributed by atoms with Crippen LogP contribution in [0.15, 0.2) is 48.5 Å². The number of nitrogens with one attached hydrogen (secondary N) is 1. The van der Waals surface area contributed by atoms with E-state index in [0.717, 1.165) is 12.0 Å². The highest BCUT2D eigenvalue weighted by molar-refractivity contribution is 7.99. The lowest BCUT2D eigenvalue weighted by Gasteiger charge is -2.29. The predicted molar refractivity (Wildman–Crippen MR) is 122 cm³/mol. The molecule has 30 heavy (non-hydrogen) atoms. The Morgan fingerprint density at radius 1 is 1.10 bits per heavy atom. The molecule has 0 aromatic heterocycles. The molecule has 0 bridgehead atoms. The summed E-state index contributed by atoms with van der Waals surface area (Å²) in [4.78, 5) is 27.1. The molecule has 2 rings (SSSR count). The number of carbonyl (C=O) groups excluding carboxylic acids is 2. The lowest BCUT2D eigenvalue weighted by Crippen LogP contribution is -2.50. The molecule has 2 aromatic carbocycles. The molecule has 4 nitrogen and oxygen atoms in total. The van der Waals surface area contributed by atoms with E-state index in [1.54, 1.807) is 25.1 Å². The van der Waals surface area contributed by atoms with Gasteiger partial charge in [0.2, 0.25) is 11.8 Å². The number of rotatable bonds is 10. The van der Waals surface area contributed by atoms with E-state index in [1.807, 2.05) is 38.1 Å². The van der Waals surface area contributed by atoms with Gasteiger partial charge < -0.3 is 10.2 Å². The Labute approximate surface area is 187 Å². The first-order valence-electron chi connectivity index (χ1n) is 9.97. The molecule has 0 spiro atoms. The van der Waals surface area contributed by atoms with E-state index in [2.05, 4.69) is 5.32 Å². The summed E-state index contributed by atoms with van der Waals surface area (Å²) in [6.07, 6.45) is 0.785. The van der Waals surface area contributed by atoms with Crippen LogP contribution in [0.1, 0.15) is 38.3 Å². The maximum atomic E-state index is 14.2. The quantitative estimate of drug-likeness (QED) is 0.551. The number of hydrogen-bond donors (Lipinski definition) is 1. The van der Waals surface area contributed by atoms with Crippen LogP contribution in [0.2, 0.25) is 5.02 Å². The smallest absolute Gasteiger partial charge is 0.242 e. The number of nitrogens with zero attached hydrogens (tertiary/aromatic N) is 1. The maximum Gasteiger partial charge on any atom is 0.242 e. The summed E-state index contributed by atoms with van der Waals surface area (Å²) in [6.45, 7) is 5.60. The second-order valence-electron chi connectivity index (χ2n) is 7.19. The fourth-order valence-electron chi connectivity index (χ4n) is 2.80. The fraction of sp³-hybridized carbons (Fsp3) is 0.391. The third kappa shape index (κ3) is 7.03. The Balaban J connectivity index is 2.10. The van der Waals surface area contributed by atoms with E-state index >= 15 is 0 Å². The van der Waals surface area contributed by atoms with Crippen molar-refractivity contribution in [3.8, 4) is 0 Å². The molecule has 0 aliphatic heterocycles. The minimum Gasteiger partial charge on any atom is -0.352 e. The topological polar surface area (TPSA) is 49.4 Å². The van der Waals surface area contributed by atoms with Gasteiger partial charge in [0.15, 0.2) is 0 Å². The number of hydrogen-bond acceptors (Lipinski definition) is 3. The lowest BCUT2D eigenvalue weighted by molar-refractivity contribution is -0.139. The molecule has 0 saturated carbocycles. The van der Waals surface area contributed by atoms with Gasteiger partial charge in [-0.3, -0.25) is 9.59 Å². The minimum atomic E-state index is -0.716. The van der Waals surface area contributed by atoms with Crippen molar-refractivity contribution >= 4 is 35.2 Å². The van der Waals surface area contributed by atoms with Crippen molar-refractivity contribution in [3.05, 3.63) is 70.5 Å². The van der Waals surface area contributed by atoms with Crippen LogP contribution in [0.3, 0.4) is 0 Å².